The summed E-state index contributed by atoms with van der Waals surface area (Å²) >= 11 is 0. The number of aromatic amines is 2. The zero-order valence-corrected chi connectivity index (χ0v) is 17.4. The van der Waals surface area contributed by atoms with Gasteiger partial charge in [-0.05, 0) is 78.4 Å². The molecule has 6 nitrogen and oxygen atoms in total. The maximum absolute atomic E-state index is 11.9. The first-order chi connectivity index (χ1) is 16.1. The largest absolute Gasteiger partial charge is 0.478 e. The summed E-state index contributed by atoms with van der Waals surface area (Å²) in [5.74, 6) is -0.965. The van der Waals surface area contributed by atoms with Crippen molar-refractivity contribution in [2.75, 3.05) is 0 Å². The highest BCUT2D eigenvalue weighted by Crippen LogP contribution is 2.30. The topological polar surface area (TPSA) is 94.7 Å². The van der Waals surface area contributed by atoms with Crippen molar-refractivity contribution in [2.24, 2.45) is 0 Å². The van der Waals surface area contributed by atoms with Gasteiger partial charge in [0.05, 0.1) is 28.3 Å². The molecule has 0 amide bonds. The second-order valence-corrected chi connectivity index (χ2v) is 7.94. The average Bonchev–Trinajstić information content (AvgIpc) is 3.59. The van der Waals surface area contributed by atoms with Gasteiger partial charge in [0.2, 0.25) is 0 Å². The van der Waals surface area contributed by atoms with Crippen LogP contribution in [-0.4, -0.2) is 31.0 Å². The van der Waals surface area contributed by atoms with Crippen LogP contribution in [0.25, 0.3) is 57.5 Å². The number of carbonyl (C=O) groups is 1. The maximum atomic E-state index is 11.9. The smallest absolute Gasteiger partial charge is 0.336 e. The predicted octanol–water partition coefficient (Wildman–Crippen LogP) is 6.02. The van der Waals surface area contributed by atoms with Crippen LogP contribution < -0.4 is 0 Å². The van der Waals surface area contributed by atoms with Gasteiger partial charge in [0.15, 0.2) is 0 Å². The van der Waals surface area contributed by atoms with E-state index in [1.54, 1.807) is 12.1 Å². The summed E-state index contributed by atoms with van der Waals surface area (Å²) in [4.78, 5) is 28.1. The molecule has 1 aromatic carbocycles. The molecule has 6 heteroatoms. The van der Waals surface area contributed by atoms with Gasteiger partial charge in [-0.25, -0.2) is 14.8 Å². The van der Waals surface area contributed by atoms with Crippen molar-refractivity contribution in [1.82, 2.24) is 19.9 Å². The summed E-state index contributed by atoms with van der Waals surface area (Å²) in [7, 11) is 0. The first-order valence-electron chi connectivity index (χ1n) is 10.5. The van der Waals surface area contributed by atoms with E-state index < -0.39 is 5.97 Å². The molecule has 3 N–H and O–H groups in total. The lowest BCUT2D eigenvalue weighted by Gasteiger charge is -2.04. The third-order valence-electron chi connectivity index (χ3n) is 5.62. The maximum Gasteiger partial charge on any atom is 0.336 e. The van der Waals surface area contributed by atoms with Crippen molar-refractivity contribution in [2.45, 2.75) is 0 Å². The molecule has 0 spiro atoms. The van der Waals surface area contributed by atoms with Gasteiger partial charge in [-0.15, -0.1) is 0 Å². The number of aromatic nitrogens is 4. The molecule has 4 aromatic rings. The van der Waals surface area contributed by atoms with Crippen LogP contribution in [-0.2, 0) is 0 Å². The number of carboxylic acids is 1. The SMILES string of the molecule is O=C(O)c1ccccc1-c1cc2cc3nc(cc4ccc(cc5nc(cc1[nH]2)C=C5)[nH]4)C=C3. The second kappa shape index (κ2) is 7.46. The number of hydrogen-bond donors (Lipinski definition) is 3. The van der Waals surface area contributed by atoms with Gasteiger partial charge < -0.3 is 15.1 Å². The quantitative estimate of drug-likeness (QED) is 0.313. The van der Waals surface area contributed by atoms with Crippen LogP contribution in [0.2, 0.25) is 0 Å². The Bertz CT molecular complexity index is 1650. The Morgan fingerprint density at radius 1 is 0.636 bits per heavy atom. The lowest BCUT2D eigenvalue weighted by molar-refractivity contribution is 0.0697. The van der Waals surface area contributed by atoms with E-state index in [1.807, 2.05) is 78.9 Å². The van der Waals surface area contributed by atoms with Crippen molar-refractivity contribution in [3.8, 4) is 11.1 Å². The number of nitrogens with one attached hydrogen (secondary N) is 2. The van der Waals surface area contributed by atoms with E-state index in [1.165, 1.54) is 0 Å². The number of carboxylic acid groups (broad SMARTS) is 1. The van der Waals surface area contributed by atoms with E-state index in [4.69, 9.17) is 4.98 Å². The molecule has 2 aliphatic heterocycles. The fraction of sp³-hybridized carbons (Fsp3) is 0. The lowest BCUT2D eigenvalue weighted by Crippen LogP contribution is -1.98. The number of H-pyrrole nitrogens is 2. The molecule has 0 fully saturated rings. The molecule has 0 unspecified atom stereocenters. The summed E-state index contributed by atoms with van der Waals surface area (Å²) < 4.78 is 0. The second-order valence-electron chi connectivity index (χ2n) is 7.94. The number of benzene rings is 1. The van der Waals surface area contributed by atoms with Gasteiger partial charge in [0.1, 0.15) is 0 Å². The van der Waals surface area contributed by atoms with Crippen molar-refractivity contribution < 1.29 is 9.90 Å². The fourth-order valence-corrected chi connectivity index (χ4v) is 4.15. The van der Waals surface area contributed by atoms with Gasteiger partial charge in [-0.3, -0.25) is 0 Å². The van der Waals surface area contributed by atoms with Crippen LogP contribution >= 0.6 is 0 Å². The van der Waals surface area contributed by atoms with E-state index in [0.29, 0.717) is 5.56 Å². The Kier molecular flexibility index (Phi) is 4.30. The van der Waals surface area contributed by atoms with Crippen LogP contribution in [0.15, 0.2) is 66.7 Å². The Hall–Kier alpha value is -4.71. The Morgan fingerprint density at radius 3 is 1.85 bits per heavy atom. The van der Waals surface area contributed by atoms with E-state index in [9.17, 15) is 9.90 Å². The summed E-state index contributed by atoms with van der Waals surface area (Å²) in [5, 5.41) is 9.73. The van der Waals surface area contributed by atoms with Gasteiger partial charge in [-0.1, -0.05) is 18.2 Å². The standard InChI is InChI=1S/C27H18N4O2/c32-27(33)24-4-2-1-3-23(24)25-14-22-13-20-8-7-18(29-20)11-16-5-6-17(28-16)12-19-9-10-21(30-19)15-26(25)31-22/h1-15,28,31H,(H,32,33). The minimum Gasteiger partial charge on any atom is -0.478 e. The Labute approximate surface area is 188 Å². The van der Waals surface area contributed by atoms with Crippen LogP contribution in [0.4, 0.5) is 0 Å². The van der Waals surface area contributed by atoms with Crippen LogP contribution in [0.1, 0.15) is 33.1 Å². The number of fused-ring (bicyclic) bond motifs is 8. The predicted molar refractivity (Wildman–Crippen MR) is 131 cm³/mol. The molecule has 158 valence electrons. The van der Waals surface area contributed by atoms with Gasteiger partial charge in [-0.2, -0.15) is 0 Å². The van der Waals surface area contributed by atoms with E-state index in [-0.39, 0.29) is 5.56 Å². The number of aromatic carboxylic acids is 1. The normalized spacial score (nSPS) is 12.2. The molecule has 33 heavy (non-hydrogen) atoms. The zero-order valence-electron chi connectivity index (χ0n) is 17.4. The molecule has 5 heterocycles. The van der Waals surface area contributed by atoms with E-state index in [2.05, 4.69) is 15.0 Å². The highest BCUT2D eigenvalue weighted by Gasteiger charge is 2.14. The molecule has 6 rings (SSSR count). The molecular formula is C27H18N4O2. The average molecular weight is 430 g/mol. The van der Waals surface area contributed by atoms with Crippen molar-refractivity contribution in [3.63, 3.8) is 0 Å². The minimum absolute atomic E-state index is 0.249. The van der Waals surface area contributed by atoms with Gasteiger partial charge >= 0.3 is 5.97 Å². The monoisotopic (exact) mass is 430 g/mol. The third-order valence-corrected chi connectivity index (χ3v) is 5.62. The number of rotatable bonds is 2. The van der Waals surface area contributed by atoms with Crippen molar-refractivity contribution in [3.05, 3.63) is 95.1 Å². The molecule has 0 atom stereocenters. The first-order valence-corrected chi connectivity index (χ1v) is 10.5. The molecule has 2 aliphatic rings. The lowest BCUT2D eigenvalue weighted by atomic mass is 10.0. The summed E-state index contributed by atoms with van der Waals surface area (Å²) in [6, 6.07) is 20.9. The van der Waals surface area contributed by atoms with E-state index in [0.717, 1.165) is 50.4 Å². The van der Waals surface area contributed by atoms with Crippen molar-refractivity contribution >= 4 is 52.3 Å². The zero-order chi connectivity index (χ0) is 22.4. The summed E-state index contributed by atoms with van der Waals surface area (Å²) in [6.07, 6.45) is 7.83. The number of hydrogen-bond acceptors (Lipinski definition) is 3. The van der Waals surface area contributed by atoms with Crippen LogP contribution in [0.3, 0.4) is 0 Å². The van der Waals surface area contributed by atoms with Gasteiger partial charge in [0, 0.05) is 27.6 Å². The van der Waals surface area contributed by atoms with Crippen LogP contribution in [0.5, 0.6) is 0 Å². The highest BCUT2D eigenvalue weighted by molar-refractivity contribution is 6.00. The first kappa shape index (κ1) is 19.0. The minimum atomic E-state index is -0.965. The number of nitrogens with zero attached hydrogens (tertiary/aromatic N) is 2. The van der Waals surface area contributed by atoms with Crippen LogP contribution in [0, 0.1) is 0 Å². The summed E-state index contributed by atoms with van der Waals surface area (Å²) in [6.45, 7) is 0. The molecule has 8 bridgehead atoms. The molecule has 0 saturated carbocycles. The van der Waals surface area contributed by atoms with Crippen molar-refractivity contribution in [1.29, 1.82) is 0 Å². The third kappa shape index (κ3) is 3.64. The highest BCUT2D eigenvalue weighted by atomic mass is 16.4. The molecule has 3 aromatic heterocycles. The summed E-state index contributed by atoms with van der Waals surface area (Å²) in [5.41, 5.74) is 8.50. The molecular weight excluding hydrogens is 412 g/mol. The Balaban J connectivity index is 1.69. The van der Waals surface area contributed by atoms with Gasteiger partial charge in [0.25, 0.3) is 0 Å². The molecule has 0 radical (unpaired) electrons. The van der Waals surface area contributed by atoms with E-state index >= 15 is 0 Å². The fourth-order valence-electron chi connectivity index (χ4n) is 4.15. The molecule has 0 aliphatic carbocycles. The Morgan fingerprint density at radius 2 is 1.21 bits per heavy atom. The molecule has 0 saturated heterocycles.